The van der Waals surface area contributed by atoms with Gasteiger partial charge in [-0.1, -0.05) is 155 Å². The number of carbonyl (C=O) groups is 2. The predicted molar refractivity (Wildman–Crippen MR) is 244 cm³/mol. The van der Waals surface area contributed by atoms with E-state index in [0.29, 0.717) is 50.8 Å². The summed E-state index contributed by atoms with van der Waals surface area (Å²) in [6.07, 6.45) is 36.7. The van der Waals surface area contributed by atoms with Gasteiger partial charge in [-0.2, -0.15) is 23.5 Å². The molecule has 55 heavy (non-hydrogen) atoms. The molecule has 0 aromatic heterocycles. The number of amidine groups is 2. The minimum absolute atomic E-state index is 0.0761. The molecule has 0 heterocycles. The SMILES string of the molecule is CCCCCCCCCCCCCCOC(=O)CCSCCCC(N)=NCCCN=C(N)CCCSCCC(=O)OCCCCCCCCCCCCCC. The fraction of sp³-hybridized carbons (Fsp3) is 0.911. The van der Waals surface area contributed by atoms with Gasteiger partial charge in [0.05, 0.1) is 37.7 Å². The highest BCUT2D eigenvalue weighted by molar-refractivity contribution is 7.99. The Bertz CT molecular complexity index is 836. The molecule has 0 fully saturated rings. The third kappa shape index (κ3) is 45.2. The molecule has 8 nitrogen and oxygen atoms in total. The van der Waals surface area contributed by atoms with E-state index in [1.165, 1.54) is 128 Å². The van der Waals surface area contributed by atoms with Crippen molar-refractivity contribution in [3.8, 4) is 0 Å². The monoisotopic (exact) mass is 813 g/mol. The first kappa shape index (κ1) is 53.6. The Balaban J connectivity index is 3.50. The Morgan fingerprint density at radius 2 is 0.709 bits per heavy atom. The van der Waals surface area contributed by atoms with Crippen molar-refractivity contribution in [3.63, 3.8) is 0 Å². The third-order valence-corrected chi connectivity index (χ3v) is 12.0. The lowest BCUT2D eigenvalue weighted by Crippen LogP contribution is -2.14. The van der Waals surface area contributed by atoms with Gasteiger partial charge in [0.25, 0.3) is 0 Å². The van der Waals surface area contributed by atoms with E-state index in [1.807, 2.05) is 0 Å². The van der Waals surface area contributed by atoms with Gasteiger partial charge >= 0.3 is 11.9 Å². The highest BCUT2D eigenvalue weighted by Crippen LogP contribution is 2.14. The maximum atomic E-state index is 12.0. The summed E-state index contributed by atoms with van der Waals surface area (Å²) in [4.78, 5) is 32.9. The maximum absolute atomic E-state index is 12.0. The summed E-state index contributed by atoms with van der Waals surface area (Å²) in [5.41, 5.74) is 12.2. The maximum Gasteiger partial charge on any atom is 0.306 e. The van der Waals surface area contributed by atoms with Crippen LogP contribution < -0.4 is 11.5 Å². The van der Waals surface area contributed by atoms with Crippen LogP contribution in [0.4, 0.5) is 0 Å². The van der Waals surface area contributed by atoms with E-state index in [2.05, 4.69) is 23.8 Å². The molecule has 324 valence electrons. The molecule has 0 aromatic rings. The number of unbranched alkanes of at least 4 members (excludes halogenated alkanes) is 22. The molecule has 0 atom stereocenters. The molecule has 0 aliphatic heterocycles. The van der Waals surface area contributed by atoms with Gasteiger partial charge in [0.1, 0.15) is 0 Å². The van der Waals surface area contributed by atoms with Crippen molar-refractivity contribution in [2.75, 3.05) is 49.3 Å². The van der Waals surface area contributed by atoms with Gasteiger partial charge in [0, 0.05) is 37.4 Å². The number of hydrogen-bond acceptors (Lipinski definition) is 8. The van der Waals surface area contributed by atoms with E-state index >= 15 is 0 Å². The van der Waals surface area contributed by atoms with Crippen molar-refractivity contribution >= 4 is 47.1 Å². The van der Waals surface area contributed by atoms with Crippen molar-refractivity contribution < 1.29 is 19.1 Å². The summed E-state index contributed by atoms with van der Waals surface area (Å²) in [7, 11) is 0. The molecule has 4 N–H and O–H groups in total. The quantitative estimate of drug-likeness (QED) is 0.0269. The molecule has 0 aliphatic rings. The Labute approximate surface area is 348 Å². The van der Waals surface area contributed by atoms with E-state index < -0.39 is 0 Å². The molecule has 0 amide bonds. The van der Waals surface area contributed by atoms with Gasteiger partial charge in [0.2, 0.25) is 0 Å². The number of carbonyl (C=O) groups excluding carboxylic acids is 2. The van der Waals surface area contributed by atoms with Crippen LogP contribution in [-0.2, 0) is 19.1 Å². The number of hydrogen-bond donors (Lipinski definition) is 2. The first-order valence-electron chi connectivity index (χ1n) is 23.0. The first-order chi connectivity index (χ1) is 27.0. The second-order valence-electron chi connectivity index (χ2n) is 15.3. The molecule has 0 saturated heterocycles. The van der Waals surface area contributed by atoms with Crippen LogP contribution in [0.15, 0.2) is 9.98 Å². The summed E-state index contributed by atoms with van der Waals surface area (Å²) in [6, 6.07) is 0. The molecule has 0 aromatic carbocycles. The van der Waals surface area contributed by atoms with E-state index in [1.54, 1.807) is 23.5 Å². The minimum atomic E-state index is -0.0761. The highest BCUT2D eigenvalue weighted by atomic mass is 32.2. The largest absolute Gasteiger partial charge is 0.466 e. The van der Waals surface area contributed by atoms with Crippen LogP contribution in [0.2, 0.25) is 0 Å². The fourth-order valence-electron chi connectivity index (χ4n) is 6.30. The number of thioether (sulfide) groups is 2. The summed E-state index contributed by atoms with van der Waals surface area (Å²) < 4.78 is 10.8. The van der Waals surface area contributed by atoms with Gasteiger partial charge in [-0.3, -0.25) is 19.6 Å². The third-order valence-electron chi connectivity index (χ3n) is 9.81. The Kier molecular flexibility index (Phi) is 44.1. The Morgan fingerprint density at radius 3 is 1.04 bits per heavy atom. The zero-order valence-electron chi connectivity index (χ0n) is 36.1. The predicted octanol–water partition coefficient (Wildman–Crippen LogP) is 12.4. The van der Waals surface area contributed by atoms with Crippen molar-refractivity contribution in [2.24, 2.45) is 21.5 Å². The summed E-state index contributed by atoms with van der Waals surface area (Å²) in [6.45, 7) is 6.98. The molecular formula is C45H88N4O4S2. The van der Waals surface area contributed by atoms with Crippen LogP contribution in [-0.4, -0.2) is 72.9 Å². The number of nitrogens with zero attached hydrogens (tertiary/aromatic N) is 2. The second-order valence-corrected chi connectivity index (χ2v) is 17.7. The van der Waals surface area contributed by atoms with Crippen molar-refractivity contribution in [3.05, 3.63) is 0 Å². The number of nitrogens with two attached hydrogens (primary N) is 2. The smallest absolute Gasteiger partial charge is 0.306 e. The standard InChI is InChI=1S/C45H88N4O4S2/c1-3-5-7-9-11-13-15-17-19-21-23-25-36-52-44(50)32-40-54-38-27-30-42(46)48-34-29-35-49-43(47)31-28-39-55-41-33-45(51)53-37-26-24-22-20-18-16-14-12-10-8-6-4-2/h3-41H2,1-2H3,(H2,46,48)(H2,47,49). The van der Waals surface area contributed by atoms with E-state index in [0.717, 1.165) is 80.8 Å². The molecule has 0 spiro atoms. The molecular weight excluding hydrogens is 725 g/mol. The number of rotatable bonds is 44. The molecule has 0 saturated carbocycles. The normalized spacial score (nSPS) is 12.0. The van der Waals surface area contributed by atoms with Crippen molar-refractivity contribution in [1.82, 2.24) is 0 Å². The Morgan fingerprint density at radius 1 is 0.400 bits per heavy atom. The van der Waals surface area contributed by atoms with E-state index in [9.17, 15) is 9.59 Å². The van der Waals surface area contributed by atoms with E-state index in [-0.39, 0.29) is 11.9 Å². The van der Waals surface area contributed by atoms with Crippen molar-refractivity contribution in [1.29, 1.82) is 0 Å². The average Bonchev–Trinajstić information content (AvgIpc) is 3.17. The summed E-state index contributed by atoms with van der Waals surface area (Å²) in [5.74, 6) is 4.73. The van der Waals surface area contributed by atoms with Gasteiger partial charge in [-0.15, -0.1) is 0 Å². The van der Waals surface area contributed by atoms with E-state index in [4.69, 9.17) is 20.9 Å². The summed E-state index contributed by atoms with van der Waals surface area (Å²) >= 11 is 3.55. The lowest BCUT2D eigenvalue weighted by atomic mass is 10.1. The first-order valence-corrected chi connectivity index (χ1v) is 25.3. The lowest BCUT2D eigenvalue weighted by Gasteiger charge is -2.06. The van der Waals surface area contributed by atoms with Crippen LogP contribution in [0.1, 0.15) is 213 Å². The van der Waals surface area contributed by atoms with Gasteiger partial charge in [-0.05, 0) is 43.6 Å². The van der Waals surface area contributed by atoms with Crippen LogP contribution in [0.25, 0.3) is 0 Å². The topological polar surface area (TPSA) is 129 Å². The van der Waals surface area contributed by atoms with Crippen LogP contribution in [0.5, 0.6) is 0 Å². The zero-order chi connectivity index (χ0) is 40.1. The zero-order valence-corrected chi connectivity index (χ0v) is 37.7. The molecule has 0 radical (unpaired) electrons. The number of aliphatic imine (C=N–C) groups is 2. The lowest BCUT2D eigenvalue weighted by molar-refractivity contribution is -0.144. The fourth-order valence-corrected chi connectivity index (χ4v) is 8.03. The van der Waals surface area contributed by atoms with Crippen LogP contribution >= 0.6 is 23.5 Å². The molecule has 10 heteroatoms. The van der Waals surface area contributed by atoms with Crippen LogP contribution in [0, 0.1) is 0 Å². The van der Waals surface area contributed by atoms with Gasteiger partial charge in [0.15, 0.2) is 0 Å². The van der Waals surface area contributed by atoms with Crippen LogP contribution in [0.3, 0.4) is 0 Å². The second kappa shape index (κ2) is 45.3. The molecule has 0 aliphatic carbocycles. The van der Waals surface area contributed by atoms with Crippen molar-refractivity contribution in [2.45, 2.75) is 213 Å². The van der Waals surface area contributed by atoms with Gasteiger partial charge in [-0.25, -0.2) is 0 Å². The highest BCUT2D eigenvalue weighted by Gasteiger charge is 2.05. The Hall–Kier alpha value is -1.42. The molecule has 0 bridgehead atoms. The summed E-state index contributed by atoms with van der Waals surface area (Å²) in [5, 5.41) is 0. The average molecular weight is 813 g/mol. The molecule has 0 rings (SSSR count). The minimum Gasteiger partial charge on any atom is -0.466 e. The number of ether oxygens (including phenoxy) is 2. The molecule has 0 unspecified atom stereocenters. The van der Waals surface area contributed by atoms with Gasteiger partial charge < -0.3 is 20.9 Å². The number of esters is 2.